The van der Waals surface area contributed by atoms with Crippen LogP contribution in [0.25, 0.3) is 16.5 Å². The number of hydrogen-bond acceptors (Lipinski definition) is 3. The number of carbonyl (C=O) groups excluding carboxylic acids is 1. The molecule has 2 aromatic carbocycles. The summed E-state index contributed by atoms with van der Waals surface area (Å²) in [6.07, 6.45) is 2.85. The normalized spacial score (nSPS) is 17.6. The van der Waals surface area contributed by atoms with Crippen LogP contribution in [0.15, 0.2) is 54.7 Å². The molecule has 0 saturated carbocycles. The minimum absolute atomic E-state index is 0.0171. The Morgan fingerprint density at radius 3 is 2.54 bits per heavy atom. The fourth-order valence-corrected chi connectivity index (χ4v) is 3.93. The van der Waals surface area contributed by atoms with E-state index in [1.807, 2.05) is 66.2 Å². The number of nitrogens with zero attached hydrogens (tertiary/aromatic N) is 3. The van der Waals surface area contributed by atoms with Crippen molar-refractivity contribution >= 4 is 39.7 Å². The van der Waals surface area contributed by atoms with Crippen LogP contribution in [0, 0.1) is 17.2 Å². The van der Waals surface area contributed by atoms with E-state index in [2.05, 4.69) is 18.3 Å². The van der Waals surface area contributed by atoms with Gasteiger partial charge in [-0.3, -0.25) is 9.69 Å². The maximum Gasteiger partial charge on any atom is 0.256 e. The fourth-order valence-electron chi connectivity index (χ4n) is 3.60. The van der Waals surface area contributed by atoms with Crippen molar-refractivity contribution in [3.63, 3.8) is 0 Å². The Kier molecular flexibility index (Phi) is 4.62. The number of amides is 1. The van der Waals surface area contributed by atoms with Crippen LogP contribution >= 0.6 is 12.2 Å². The summed E-state index contributed by atoms with van der Waals surface area (Å²) in [6.45, 7) is 4.11. The third kappa shape index (κ3) is 2.85. The van der Waals surface area contributed by atoms with Gasteiger partial charge in [0.25, 0.3) is 5.91 Å². The van der Waals surface area contributed by atoms with Gasteiger partial charge in [-0.1, -0.05) is 44.5 Å². The van der Waals surface area contributed by atoms with Crippen LogP contribution in [-0.4, -0.2) is 21.6 Å². The Balaban J connectivity index is 1.68. The van der Waals surface area contributed by atoms with Gasteiger partial charge < -0.3 is 9.88 Å². The van der Waals surface area contributed by atoms with Crippen molar-refractivity contribution in [2.24, 2.45) is 5.92 Å². The zero-order valence-corrected chi connectivity index (χ0v) is 16.5. The van der Waals surface area contributed by atoms with E-state index in [4.69, 9.17) is 12.2 Å². The van der Waals surface area contributed by atoms with E-state index in [-0.39, 0.29) is 17.9 Å². The highest BCUT2D eigenvalue weighted by molar-refractivity contribution is 7.80. The van der Waals surface area contributed by atoms with Crippen molar-refractivity contribution in [3.05, 3.63) is 60.4 Å². The van der Waals surface area contributed by atoms with Crippen LogP contribution in [0.2, 0.25) is 0 Å². The summed E-state index contributed by atoms with van der Waals surface area (Å²) in [5.74, 6) is 0.191. The van der Waals surface area contributed by atoms with Gasteiger partial charge in [0.15, 0.2) is 5.11 Å². The standard InChI is InChI=1S/C22H20N4OS/c1-3-14(2)20-21(27)26(22(28)24-20)17-10-8-16(9-11-17)25-13-15-6-4-5-7-18(15)19(25)12-23/h4-11,13-14,20H,3H2,1-2H3,(H,24,28)/t14?,20-/m0/s1. The second kappa shape index (κ2) is 7.10. The molecular weight excluding hydrogens is 368 g/mol. The maximum absolute atomic E-state index is 12.8. The van der Waals surface area contributed by atoms with Crippen molar-refractivity contribution in [1.82, 2.24) is 9.88 Å². The van der Waals surface area contributed by atoms with Crippen molar-refractivity contribution in [2.45, 2.75) is 26.3 Å². The highest BCUT2D eigenvalue weighted by Crippen LogP contribution is 2.27. The highest BCUT2D eigenvalue weighted by Gasteiger charge is 2.38. The molecule has 2 heterocycles. The Labute approximate surface area is 169 Å². The molecule has 0 spiro atoms. The molecule has 3 aromatic rings. The number of carbonyl (C=O) groups is 1. The average molecular weight is 388 g/mol. The molecule has 28 heavy (non-hydrogen) atoms. The molecule has 5 nitrogen and oxygen atoms in total. The first-order chi connectivity index (χ1) is 13.5. The number of thiocarbonyl (C=S) groups is 1. The van der Waals surface area contributed by atoms with E-state index < -0.39 is 0 Å². The second-order valence-electron chi connectivity index (χ2n) is 7.05. The molecule has 1 unspecified atom stereocenters. The Bertz CT molecular complexity index is 1110. The molecule has 0 bridgehead atoms. The first kappa shape index (κ1) is 18.2. The Hall–Kier alpha value is -3.17. The van der Waals surface area contributed by atoms with Gasteiger partial charge in [-0.15, -0.1) is 0 Å². The minimum atomic E-state index is -0.280. The maximum atomic E-state index is 12.8. The van der Waals surface area contributed by atoms with Crippen LogP contribution in [0.3, 0.4) is 0 Å². The van der Waals surface area contributed by atoms with Crippen molar-refractivity contribution in [3.8, 4) is 11.8 Å². The number of aromatic nitrogens is 1. The van der Waals surface area contributed by atoms with Gasteiger partial charge >= 0.3 is 0 Å². The number of hydrogen-bond donors (Lipinski definition) is 1. The SMILES string of the molecule is CCC(C)[C@@H]1NC(=S)N(c2ccc(-n3cc4ccccc4c3C#N)cc2)C1=O. The number of fused-ring (bicyclic) bond motifs is 1. The summed E-state index contributed by atoms with van der Waals surface area (Å²) in [4.78, 5) is 14.4. The number of nitrogens with one attached hydrogen (secondary N) is 1. The molecule has 1 aliphatic heterocycles. The topological polar surface area (TPSA) is 61.1 Å². The molecule has 1 amide bonds. The first-order valence-electron chi connectivity index (χ1n) is 9.30. The van der Waals surface area contributed by atoms with Crippen LogP contribution in [0.4, 0.5) is 5.69 Å². The first-order valence-corrected chi connectivity index (χ1v) is 9.71. The monoisotopic (exact) mass is 388 g/mol. The smallest absolute Gasteiger partial charge is 0.256 e. The van der Waals surface area contributed by atoms with E-state index in [9.17, 15) is 10.1 Å². The van der Waals surface area contributed by atoms with Crippen molar-refractivity contribution < 1.29 is 4.79 Å². The average Bonchev–Trinajstić information content (AvgIpc) is 3.24. The Morgan fingerprint density at radius 1 is 1.18 bits per heavy atom. The summed E-state index contributed by atoms with van der Waals surface area (Å²) < 4.78 is 1.87. The Morgan fingerprint density at radius 2 is 1.86 bits per heavy atom. The van der Waals surface area contributed by atoms with E-state index in [0.717, 1.165) is 28.6 Å². The summed E-state index contributed by atoms with van der Waals surface area (Å²) >= 11 is 5.40. The van der Waals surface area contributed by atoms with Gasteiger partial charge in [0.2, 0.25) is 0 Å². The number of anilines is 1. The lowest BCUT2D eigenvalue weighted by Gasteiger charge is -2.17. The second-order valence-corrected chi connectivity index (χ2v) is 7.44. The van der Waals surface area contributed by atoms with Gasteiger partial charge in [-0.2, -0.15) is 5.26 Å². The number of rotatable bonds is 4. The number of benzene rings is 2. The molecular formula is C22H20N4OS. The van der Waals surface area contributed by atoms with Gasteiger partial charge in [-0.25, -0.2) is 0 Å². The van der Waals surface area contributed by atoms with E-state index in [1.165, 1.54) is 0 Å². The van der Waals surface area contributed by atoms with Crippen molar-refractivity contribution in [1.29, 1.82) is 5.26 Å². The third-order valence-electron chi connectivity index (χ3n) is 5.40. The molecule has 1 fully saturated rings. The predicted molar refractivity (Wildman–Crippen MR) is 114 cm³/mol. The van der Waals surface area contributed by atoms with E-state index in [1.54, 1.807) is 4.90 Å². The molecule has 140 valence electrons. The van der Waals surface area contributed by atoms with E-state index in [0.29, 0.717) is 10.8 Å². The van der Waals surface area contributed by atoms with Crippen LogP contribution in [-0.2, 0) is 4.79 Å². The lowest BCUT2D eigenvalue weighted by molar-refractivity contribution is -0.119. The quantitative estimate of drug-likeness (QED) is 0.683. The van der Waals surface area contributed by atoms with Crippen LogP contribution in [0.5, 0.6) is 0 Å². The largest absolute Gasteiger partial charge is 0.350 e. The third-order valence-corrected chi connectivity index (χ3v) is 5.70. The zero-order chi connectivity index (χ0) is 19.8. The van der Waals surface area contributed by atoms with Gasteiger partial charge in [0.1, 0.15) is 17.8 Å². The van der Waals surface area contributed by atoms with Crippen molar-refractivity contribution in [2.75, 3.05) is 4.90 Å². The predicted octanol–water partition coefficient (Wildman–Crippen LogP) is 4.14. The lowest BCUT2D eigenvalue weighted by atomic mass is 9.99. The minimum Gasteiger partial charge on any atom is -0.350 e. The molecule has 1 aliphatic rings. The van der Waals surface area contributed by atoms with Crippen LogP contribution in [0.1, 0.15) is 26.0 Å². The molecule has 1 saturated heterocycles. The van der Waals surface area contributed by atoms with Gasteiger partial charge in [0.05, 0.1) is 5.69 Å². The lowest BCUT2D eigenvalue weighted by Crippen LogP contribution is -2.35. The van der Waals surface area contributed by atoms with Crippen LogP contribution < -0.4 is 10.2 Å². The molecule has 6 heteroatoms. The van der Waals surface area contributed by atoms with Gasteiger partial charge in [0, 0.05) is 22.7 Å². The fraction of sp³-hybridized carbons (Fsp3) is 0.227. The van der Waals surface area contributed by atoms with E-state index >= 15 is 0 Å². The zero-order valence-electron chi connectivity index (χ0n) is 15.7. The molecule has 0 radical (unpaired) electrons. The molecule has 2 atom stereocenters. The summed E-state index contributed by atoms with van der Waals surface area (Å²) in [5.41, 5.74) is 2.18. The highest BCUT2D eigenvalue weighted by atomic mass is 32.1. The van der Waals surface area contributed by atoms with Gasteiger partial charge in [-0.05, 0) is 42.4 Å². The molecule has 0 aliphatic carbocycles. The number of nitriles is 1. The molecule has 1 aromatic heterocycles. The summed E-state index contributed by atoms with van der Waals surface area (Å²) in [6, 6.07) is 17.4. The molecule has 1 N–H and O–H groups in total. The summed E-state index contributed by atoms with van der Waals surface area (Å²) in [5, 5.41) is 15.1. The molecule has 4 rings (SSSR count). The summed E-state index contributed by atoms with van der Waals surface area (Å²) in [7, 11) is 0.